The molecule has 0 unspecified atom stereocenters. The van der Waals surface area contributed by atoms with Gasteiger partial charge in [-0.25, -0.2) is 4.79 Å². The Balaban J connectivity index is 2.32. The number of nitro groups is 1. The van der Waals surface area contributed by atoms with Gasteiger partial charge in [0, 0.05) is 23.6 Å². The lowest BCUT2D eigenvalue weighted by atomic mass is 10.1. The average molecular weight is 352 g/mol. The van der Waals surface area contributed by atoms with E-state index < -0.39 is 10.9 Å². The highest BCUT2D eigenvalue weighted by Crippen LogP contribution is 2.25. The molecule has 0 bridgehead atoms. The van der Waals surface area contributed by atoms with Crippen LogP contribution < -0.4 is 4.74 Å². The summed E-state index contributed by atoms with van der Waals surface area (Å²) in [6.07, 6.45) is 1.33. The van der Waals surface area contributed by atoms with Crippen molar-refractivity contribution >= 4 is 35.2 Å². The summed E-state index contributed by atoms with van der Waals surface area (Å²) in [7, 11) is 0. The Labute approximate surface area is 142 Å². The van der Waals surface area contributed by atoms with E-state index in [9.17, 15) is 14.9 Å². The first-order chi connectivity index (χ1) is 10.9. The number of carbonyl (C=O) groups excluding carboxylic acids is 1. The van der Waals surface area contributed by atoms with Crippen molar-refractivity contribution in [2.24, 2.45) is 0 Å². The molecule has 2 rings (SSSR count). The number of benzene rings is 2. The molecule has 0 aliphatic rings. The fraction of sp³-hybridized carbons (Fsp3) is 0.0625. The van der Waals surface area contributed by atoms with Crippen LogP contribution in [0.1, 0.15) is 22.8 Å². The molecule has 7 heteroatoms. The zero-order valence-electron chi connectivity index (χ0n) is 12.0. The smallest absolute Gasteiger partial charge is 0.345 e. The van der Waals surface area contributed by atoms with E-state index in [1.165, 1.54) is 31.2 Å². The highest BCUT2D eigenvalue weighted by atomic mass is 35.5. The van der Waals surface area contributed by atoms with Crippen molar-refractivity contribution in [3.8, 4) is 5.75 Å². The van der Waals surface area contributed by atoms with Crippen molar-refractivity contribution in [2.75, 3.05) is 0 Å². The number of nitrogens with zero attached hydrogens (tertiary/aromatic N) is 1. The SMILES string of the molecule is C/C(=C\c1ccccc1OC(=O)c1ccc(Cl)cc1Cl)[N+](=O)[O-]. The summed E-state index contributed by atoms with van der Waals surface area (Å²) in [5.41, 5.74) is 0.499. The highest BCUT2D eigenvalue weighted by Gasteiger charge is 2.15. The molecule has 118 valence electrons. The number of halogens is 2. The Morgan fingerprint density at radius 3 is 2.57 bits per heavy atom. The lowest BCUT2D eigenvalue weighted by Gasteiger charge is -2.08. The number of hydrogen-bond donors (Lipinski definition) is 0. The normalized spacial score (nSPS) is 11.2. The maximum atomic E-state index is 12.2. The molecule has 0 atom stereocenters. The molecule has 0 saturated carbocycles. The quantitative estimate of drug-likeness (QED) is 0.341. The van der Waals surface area contributed by atoms with Crippen LogP contribution in [-0.4, -0.2) is 10.9 Å². The van der Waals surface area contributed by atoms with Gasteiger partial charge in [-0.1, -0.05) is 41.4 Å². The van der Waals surface area contributed by atoms with E-state index >= 15 is 0 Å². The fourth-order valence-corrected chi connectivity index (χ4v) is 2.27. The van der Waals surface area contributed by atoms with Crippen LogP contribution >= 0.6 is 23.2 Å². The zero-order chi connectivity index (χ0) is 17.0. The predicted molar refractivity (Wildman–Crippen MR) is 88.5 cm³/mol. The topological polar surface area (TPSA) is 69.4 Å². The number of ether oxygens (including phenoxy) is 1. The van der Waals surface area contributed by atoms with Gasteiger partial charge in [-0.3, -0.25) is 10.1 Å². The van der Waals surface area contributed by atoms with Gasteiger partial charge in [0.1, 0.15) is 5.75 Å². The molecular weight excluding hydrogens is 341 g/mol. The molecule has 0 spiro atoms. The average Bonchev–Trinajstić information content (AvgIpc) is 2.48. The molecule has 0 aromatic heterocycles. The van der Waals surface area contributed by atoms with Gasteiger partial charge in [-0.05, 0) is 24.3 Å². The monoisotopic (exact) mass is 351 g/mol. The molecule has 0 fully saturated rings. The van der Waals surface area contributed by atoms with Crippen molar-refractivity contribution < 1.29 is 14.5 Å². The Hall–Kier alpha value is -2.37. The van der Waals surface area contributed by atoms with Crippen LogP contribution in [0, 0.1) is 10.1 Å². The number of hydrogen-bond acceptors (Lipinski definition) is 4. The second-order valence-electron chi connectivity index (χ2n) is 4.59. The molecule has 2 aromatic carbocycles. The molecule has 0 aliphatic heterocycles. The van der Waals surface area contributed by atoms with E-state index in [0.29, 0.717) is 10.6 Å². The summed E-state index contributed by atoms with van der Waals surface area (Å²) in [6.45, 7) is 1.36. The first kappa shape index (κ1) is 17.0. The first-order valence-electron chi connectivity index (χ1n) is 6.47. The molecule has 23 heavy (non-hydrogen) atoms. The van der Waals surface area contributed by atoms with E-state index in [-0.39, 0.29) is 22.0 Å². The van der Waals surface area contributed by atoms with Crippen molar-refractivity contribution in [3.63, 3.8) is 0 Å². The molecule has 0 aliphatic carbocycles. The molecule has 5 nitrogen and oxygen atoms in total. The van der Waals surface area contributed by atoms with Gasteiger partial charge in [-0.15, -0.1) is 0 Å². The van der Waals surface area contributed by atoms with Crippen LogP contribution in [0.4, 0.5) is 0 Å². The minimum absolute atomic E-state index is 0.0713. The van der Waals surface area contributed by atoms with E-state index in [1.54, 1.807) is 24.3 Å². The zero-order valence-corrected chi connectivity index (χ0v) is 13.5. The minimum Gasteiger partial charge on any atom is -0.422 e. The van der Waals surface area contributed by atoms with Crippen molar-refractivity contribution in [3.05, 3.63) is 79.4 Å². The van der Waals surface area contributed by atoms with Crippen molar-refractivity contribution in [1.82, 2.24) is 0 Å². The van der Waals surface area contributed by atoms with Crippen molar-refractivity contribution in [1.29, 1.82) is 0 Å². The van der Waals surface area contributed by atoms with Crippen LogP contribution in [0.3, 0.4) is 0 Å². The standard InChI is InChI=1S/C16H11Cl2NO4/c1-10(19(21)22)8-11-4-2-3-5-15(11)23-16(20)13-7-6-12(17)9-14(13)18/h2-9H,1H3/b10-8+. The summed E-state index contributed by atoms with van der Waals surface area (Å²) < 4.78 is 5.30. The van der Waals surface area contributed by atoms with Gasteiger partial charge < -0.3 is 4.74 Å². The third-order valence-corrected chi connectivity index (χ3v) is 3.47. The van der Waals surface area contributed by atoms with Gasteiger partial charge >= 0.3 is 5.97 Å². The number of esters is 1. The molecule has 0 saturated heterocycles. The molecule has 2 aromatic rings. The second kappa shape index (κ2) is 7.26. The Morgan fingerprint density at radius 1 is 1.22 bits per heavy atom. The number of carbonyl (C=O) groups is 1. The molecule has 0 N–H and O–H groups in total. The van der Waals surface area contributed by atoms with Crippen LogP contribution in [0.15, 0.2) is 48.2 Å². The lowest BCUT2D eigenvalue weighted by molar-refractivity contribution is -0.422. The predicted octanol–water partition coefficient (Wildman–Crippen LogP) is 4.85. The van der Waals surface area contributed by atoms with Crippen molar-refractivity contribution in [2.45, 2.75) is 6.92 Å². The third-order valence-electron chi connectivity index (χ3n) is 2.93. The largest absolute Gasteiger partial charge is 0.422 e. The van der Waals surface area contributed by atoms with Gasteiger partial charge in [-0.2, -0.15) is 0 Å². The molecular formula is C16H11Cl2NO4. The van der Waals surface area contributed by atoms with Crippen LogP contribution in [0.5, 0.6) is 5.75 Å². The number of para-hydroxylation sites is 1. The first-order valence-corrected chi connectivity index (χ1v) is 7.23. The minimum atomic E-state index is -0.675. The molecule has 0 heterocycles. The Kier molecular flexibility index (Phi) is 5.36. The summed E-state index contributed by atoms with van der Waals surface area (Å²) in [4.78, 5) is 22.4. The lowest BCUT2D eigenvalue weighted by Crippen LogP contribution is -2.10. The molecule has 0 amide bonds. The summed E-state index contributed by atoms with van der Waals surface area (Å²) >= 11 is 11.8. The highest BCUT2D eigenvalue weighted by molar-refractivity contribution is 6.36. The van der Waals surface area contributed by atoms with Gasteiger partial charge in [0.25, 0.3) is 0 Å². The maximum absolute atomic E-state index is 12.2. The van der Waals surface area contributed by atoms with Gasteiger partial charge in [0.05, 0.1) is 15.5 Å². The fourth-order valence-electron chi connectivity index (χ4n) is 1.78. The third kappa shape index (κ3) is 4.31. The summed E-state index contributed by atoms with van der Waals surface area (Å²) in [6, 6.07) is 10.9. The van der Waals surface area contributed by atoms with E-state index in [1.807, 2.05) is 0 Å². The van der Waals surface area contributed by atoms with E-state index in [0.717, 1.165) is 0 Å². The van der Waals surface area contributed by atoms with Gasteiger partial charge in [0.2, 0.25) is 5.70 Å². The maximum Gasteiger partial charge on any atom is 0.345 e. The summed E-state index contributed by atoms with van der Waals surface area (Å²) in [5, 5.41) is 11.3. The number of rotatable bonds is 4. The van der Waals surface area contributed by atoms with E-state index in [2.05, 4.69) is 0 Å². The van der Waals surface area contributed by atoms with E-state index in [4.69, 9.17) is 27.9 Å². The number of allylic oxidation sites excluding steroid dienone is 1. The van der Waals surface area contributed by atoms with Gasteiger partial charge in [0.15, 0.2) is 0 Å². The van der Waals surface area contributed by atoms with Crippen LogP contribution in [-0.2, 0) is 0 Å². The molecule has 0 radical (unpaired) electrons. The Morgan fingerprint density at radius 2 is 1.91 bits per heavy atom. The summed E-state index contributed by atoms with van der Waals surface area (Å²) in [5.74, 6) is -0.476. The van der Waals surface area contributed by atoms with Crippen LogP contribution in [0.2, 0.25) is 10.0 Å². The second-order valence-corrected chi connectivity index (χ2v) is 5.44. The van der Waals surface area contributed by atoms with Crippen LogP contribution in [0.25, 0.3) is 6.08 Å². The Bertz CT molecular complexity index is 802.